The van der Waals surface area contributed by atoms with Gasteiger partial charge in [0, 0.05) is 22.1 Å². The van der Waals surface area contributed by atoms with Gasteiger partial charge in [-0.1, -0.05) is 250 Å². The van der Waals surface area contributed by atoms with E-state index < -0.39 is 5.41 Å². The van der Waals surface area contributed by atoms with Crippen LogP contribution in [0.15, 0.2) is 261 Å². The zero-order valence-electron chi connectivity index (χ0n) is 39.8. The van der Waals surface area contributed by atoms with Crippen LogP contribution < -0.4 is 4.90 Å². The summed E-state index contributed by atoms with van der Waals surface area (Å²) in [5.41, 5.74) is 27.9. The Kier molecular flexibility index (Phi) is 9.22. The van der Waals surface area contributed by atoms with Gasteiger partial charge in [-0.05, 0) is 119 Å². The quantitative estimate of drug-likeness (QED) is 0.154. The molecule has 0 amide bonds. The topological polar surface area (TPSA) is 3.24 Å². The third-order valence-electron chi connectivity index (χ3n) is 15.9. The van der Waals surface area contributed by atoms with Crippen molar-refractivity contribution in [2.45, 2.75) is 24.7 Å². The molecule has 1 heteroatoms. The maximum Gasteiger partial charge on any atom is 0.0726 e. The maximum absolute atomic E-state index is 2.62. The molecule has 0 N–H and O–H groups in total. The number of nitrogens with zero attached hydrogens (tertiary/aromatic N) is 1. The SMILES string of the molecule is CC1(C)c2ccccc2-c2cc(-c3ccccc3N(c3cccc(-c4ccccc4)c3-c3ccccc3-c3ccccc3)c3cccc4c3-c3ccccc3C43c4ccccc4-c4ccccc43)ccc21. The summed E-state index contributed by atoms with van der Waals surface area (Å²) in [7, 11) is 0. The van der Waals surface area contributed by atoms with Crippen LogP contribution in [0.1, 0.15) is 47.2 Å². The van der Waals surface area contributed by atoms with Crippen molar-refractivity contribution in [2.75, 3.05) is 4.90 Å². The molecule has 0 radical (unpaired) electrons. The van der Waals surface area contributed by atoms with Gasteiger partial charge in [0.15, 0.2) is 0 Å². The van der Waals surface area contributed by atoms with Crippen LogP contribution in [-0.2, 0) is 10.8 Å². The van der Waals surface area contributed by atoms with Gasteiger partial charge in [-0.15, -0.1) is 0 Å². The average Bonchev–Trinajstić information content (AvgIpc) is 4.00. The van der Waals surface area contributed by atoms with Crippen molar-refractivity contribution in [1.82, 2.24) is 0 Å². The first-order valence-electron chi connectivity index (χ1n) is 24.9. The Morgan fingerprint density at radius 3 is 1.30 bits per heavy atom. The standard InChI is InChI=1S/C70H49N/c1-69(2)58-35-16-11-31-54(58)57-45-48(43-44-59(57)69)50-28-15-20-40-64(50)71(65-41-21-34-51(47-25-7-4-8-26-47)67(65)55-32-10-9-27-49(55)46-23-5-3-6-24-46)66-42-22-39-63-68(66)56-33-14-19-38-62(56)70(63)60-36-17-12-29-52(60)53-30-13-18-37-61(53)70/h3-45H,1-2H3. The fourth-order valence-electron chi connectivity index (χ4n) is 12.9. The molecule has 0 heterocycles. The number of para-hydroxylation sites is 1. The summed E-state index contributed by atoms with van der Waals surface area (Å²) >= 11 is 0. The van der Waals surface area contributed by atoms with E-state index in [4.69, 9.17) is 0 Å². The molecule has 0 aromatic heterocycles. The molecule has 0 bridgehead atoms. The molecule has 334 valence electrons. The minimum absolute atomic E-state index is 0.0969. The lowest BCUT2D eigenvalue weighted by Crippen LogP contribution is -2.26. The number of rotatable bonds is 7. The van der Waals surface area contributed by atoms with Crippen molar-refractivity contribution in [3.8, 4) is 77.9 Å². The maximum atomic E-state index is 2.62. The van der Waals surface area contributed by atoms with E-state index in [0.29, 0.717) is 0 Å². The number of fused-ring (bicyclic) bond motifs is 13. The number of hydrogen-bond acceptors (Lipinski definition) is 1. The molecule has 0 aliphatic heterocycles. The first-order valence-corrected chi connectivity index (χ1v) is 24.9. The molecule has 3 aliphatic rings. The lowest BCUT2D eigenvalue weighted by molar-refractivity contribution is 0.660. The highest BCUT2D eigenvalue weighted by molar-refractivity contribution is 6.07. The molecule has 0 saturated heterocycles. The molecule has 0 atom stereocenters. The Hall–Kier alpha value is -8.78. The molecule has 0 fully saturated rings. The fourth-order valence-corrected chi connectivity index (χ4v) is 12.9. The Bertz CT molecular complexity index is 3870. The molecule has 0 unspecified atom stereocenters. The number of benzene rings is 11. The summed E-state index contributed by atoms with van der Waals surface area (Å²) in [6.07, 6.45) is 0. The molecule has 0 saturated carbocycles. The van der Waals surface area contributed by atoms with Crippen molar-refractivity contribution < 1.29 is 0 Å². The van der Waals surface area contributed by atoms with Crippen molar-refractivity contribution in [2.24, 2.45) is 0 Å². The van der Waals surface area contributed by atoms with Crippen LogP contribution in [0.3, 0.4) is 0 Å². The summed E-state index contributed by atoms with van der Waals surface area (Å²) in [5, 5.41) is 0. The van der Waals surface area contributed by atoms with Gasteiger partial charge < -0.3 is 4.90 Å². The molecule has 3 aliphatic carbocycles. The van der Waals surface area contributed by atoms with Crippen LogP contribution >= 0.6 is 0 Å². The summed E-state index contributed by atoms with van der Waals surface area (Å²) < 4.78 is 0. The fraction of sp³-hybridized carbons (Fsp3) is 0.0571. The normalized spacial score (nSPS) is 13.7. The van der Waals surface area contributed by atoms with Gasteiger partial charge in [-0.2, -0.15) is 0 Å². The largest absolute Gasteiger partial charge is 0.309 e. The van der Waals surface area contributed by atoms with Crippen molar-refractivity contribution >= 4 is 17.1 Å². The van der Waals surface area contributed by atoms with Crippen molar-refractivity contribution in [1.29, 1.82) is 0 Å². The van der Waals surface area contributed by atoms with E-state index in [2.05, 4.69) is 280 Å². The highest BCUT2D eigenvalue weighted by Gasteiger charge is 2.52. The monoisotopic (exact) mass is 903 g/mol. The van der Waals surface area contributed by atoms with Gasteiger partial charge in [0.05, 0.1) is 22.5 Å². The minimum atomic E-state index is -0.505. The van der Waals surface area contributed by atoms with E-state index in [1.54, 1.807) is 0 Å². The first-order chi connectivity index (χ1) is 35.0. The van der Waals surface area contributed by atoms with Crippen LogP contribution in [0.25, 0.3) is 77.9 Å². The molecule has 11 aromatic carbocycles. The third kappa shape index (κ3) is 5.93. The zero-order chi connectivity index (χ0) is 47.3. The van der Waals surface area contributed by atoms with E-state index in [0.717, 1.165) is 17.1 Å². The van der Waals surface area contributed by atoms with E-state index in [-0.39, 0.29) is 5.41 Å². The average molecular weight is 904 g/mol. The Morgan fingerprint density at radius 1 is 0.239 bits per heavy atom. The Labute approximate surface area is 416 Å². The van der Waals surface area contributed by atoms with Gasteiger partial charge in [0.25, 0.3) is 0 Å². The van der Waals surface area contributed by atoms with Crippen LogP contribution in [0, 0.1) is 0 Å². The molecule has 1 nitrogen and oxygen atoms in total. The second-order valence-corrected chi connectivity index (χ2v) is 19.8. The van der Waals surface area contributed by atoms with Gasteiger partial charge in [0.1, 0.15) is 0 Å². The number of hydrogen-bond donors (Lipinski definition) is 0. The lowest BCUT2D eigenvalue weighted by atomic mass is 9.70. The highest BCUT2D eigenvalue weighted by atomic mass is 15.2. The summed E-state index contributed by atoms with van der Waals surface area (Å²) in [6, 6.07) is 97.5. The molecule has 11 aromatic rings. The van der Waals surface area contributed by atoms with E-state index in [9.17, 15) is 0 Å². The second-order valence-electron chi connectivity index (χ2n) is 19.8. The van der Waals surface area contributed by atoms with Crippen LogP contribution in [0.4, 0.5) is 17.1 Å². The molecular formula is C70H49N. The first kappa shape index (κ1) is 41.2. The van der Waals surface area contributed by atoms with Gasteiger partial charge >= 0.3 is 0 Å². The highest BCUT2D eigenvalue weighted by Crippen LogP contribution is 2.65. The van der Waals surface area contributed by atoms with Gasteiger partial charge in [-0.25, -0.2) is 0 Å². The summed E-state index contributed by atoms with van der Waals surface area (Å²) in [6.45, 7) is 4.73. The van der Waals surface area contributed by atoms with Crippen molar-refractivity contribution in [3.05, 3.63) is 294 Å². The minimum Gasteiger partial charge on any atom is -0.309 e. The van der Waals surface area contributed by atoms with E-state index in [1.165, 1.54) is 111 Å². The van der Waals surface area contributed by atoms with Gasteiger partial charge in [-0.3, -0.25) is 0 Å². The van der Waals surface area contributed by atoms with Crippen LogP contribution in [-0.4, -0.2) is 0 Å². The van der Waals surface area contributed by atoms with Crippen LogP contribution in [0.2, 0.25) is 0 Å². The Morgan fingerprint density at radius 2 is 0.648 bits per heavy atom. The second kappa shape index (κ2) is 15.9. The van der Waals surface area contributed by atoms with Crippen molar-refractivity contribution in [3.63, 3.8) is 0 Å². The molecule has 71 heavy (non-hydrogen) atoms. The Balaban J connectivity index is 1.11. The predicted molar refractivity (Wildman–Crippen MR) is 297 cm³/mol. The van der Waals surface area contributed by atoms with E-state index in [1.807, 2.05) is 0 Å². The smallest absolute Gasteiger partial charge is 0.0726 e. The van der Waals surface area contributed by atoms with Crippen LogP contribution in [0.5, 0.6) is 0 Å². The molecule has 14 rings (SSSR count). The van der Waals surface area contributed by atoms with Gasteiger partial charge in [0.2, 0.25) is 0 Å². The zero-order valence-corrected chi connectivity index (χ0v) is 39.8. The molecule has 1 spiro atoms. The summed E-state index contributed by atoms with van der Waals surface area (Å²) in [4.78, 5) is 2.62. The lowest BCUT2D eigenvalue weighted by Gasteiger charge is -2.34. The molecular weight excluding hydrogens is 855 g/mol. The third-order valence-corrected chi connectivity index (χ3v) is 15.9. The summed E-state index contributed by atoms with van der Waals surface area (Å²) in [5.74, 6) is 0. The number of anilines is 3. The van der Waals surface area contributed by atoms with E-state index >= 15 is 0 Å². The predicted octanol–water partition coefficient (Wildman–Crippen LogP) is 18.5.